The molecule has 0 aliphatic rings. The topological polar surface area (TPSA) is 43.3 Å². The molecule has 2 rings (SSSR count). The number of imidazole rings is 1. The van der Waals surface area contributed by atoms with Gasteiger partial charge in [0.15, 0.2) is 0 Å². The van der Waals surface area contributed by atoms with E-state index in [4.69, 9.17) is 5.73 Å². The first-order valence-electron chi connectivity index (χ1n) is 3.96. The summed E-state index contributed by atoms with van der Waals surface area (Å²) in [6.45, 7) is 1.94. The molecule has 2 heterocycles. The third-order valence-corrected chi connectivity index (χ3v) is 1.91. The van der Waals surface area contributed by atoms with Crippen molar-refractivity contribution in [3.63, 3.8) is 0 Å². The van der Waals surface area contributed by atoms with Crippen molar-refractivity contribution in [2.24, 2.45) is 5.73 Å². The average molecular weight is 161 g/mol. The summed E-state index contributed by atoms with van der Waals surface area (Å²) in [6.07, 6.45) is 3.75. The van der Waals surface area contributed by atoms with E-state index in [1.807, 2.05) is 35.7 Å². The molecule has 0 aliphatic carbocycles. The van der Waals surface area contributed by atoms with Crippen LogP contribution in [0.2, 0.25) is 0 Å². The molecule has 3 nitrogen and oxygen atoms in total. The van der Waals surface area contributed by atoms with Gasteiger partial charge in [0.25, 0.3) is 0 Å². The molecule has 1 atom stereocenters. The molecule has 2 N–H and O–H groups in total. The zero-order chi connectivity index (χ0) is 8.55. The van der Waals surface area contributed by atoms with E-state index in [1.165, 1.54) is 0 Å². The number of pyridine rings is 1. The predicted octanol–water partition coefficient (Wildman–Crippen LogP) is 1.35. The standard InChI is InChI=1S/C9H11N3/c1-7(10)9-8-4-2-3-5-12(8)6-11-9/h2-7H,10H2,1H3. The maximum atomic E-state index is 5.75. The van der Waals surface area contributed by atoms with Crippen LogP contribution in [-0.4, -0.2) is 9.38 Å². The van der Waals surface area contributed by atoms with Crippen molar-refractivity contribution >= 4 is 5.52 Å². The maximum Gasteiger partial charge on any atom is 0.0996 e. The van der Waals surface area contributed by atoms with E-state index >= 15 is 0 Å². The van der Waals surface area contributed by atoms with E-state index in [0.29, 0.717) is 0 Å². The molecule has 1 unspecified atom stereocenters. The lowest BCUT2D eigenvalue weighted by Gasteiger charge is -2.00. The van der Waals surface area contributed by atoms with Crippen LogP contribution in [0.3, 0.4) is 0 Å². The minimum Gasteiger partial charge on any atom is -0.323 e. The Morgan fingerprint density at radius 2 is 2.33 bits per heavy atom. The van der Waals surface area contributed by atoms with Gasteiger partial charge in [-0.15, -0.1) is 0 Å². The lowest BCUT2D eigenvalue weighted by atomic mass is 10.2. The fourth-order valence-corrected chi connectivity index (χ4v) is 1.32. The van der Waals surface area contributed by atoms with Gasteiger partial charge in [-0.25, -0.2) is 4.98 Å². The quantitative estimate of drug-likeness (QED) is 0.686. The van der Waals surface area contributed by atoms with Crippen LogP contribution >= 0.6 is 0 Å². The Morgan fingerprint density at radius 1 is 1.50 bits per heavy atom. The Balaban J connectivity index is 2.70. The largest absolute Gasteiger partial charge is 0.323 e. The van der Waals surface area contributed by atoms with Crippen molar-refractivity contribution in [1.29, 1.82) is 0 Å². The molecule has 0 spiro atoms. The van der Waals surface area contributed by atoms with Crippen LogP contribution in [0.25, 0.3) is 5.52 Å². The molecule has 0 radical (unpaired) electrons. The number of rotatable bonds is 1. The number of nitrogens with zero attached hydrogens (tertiary/aromatic N) is 2. The Labute approximate surface area is 70.8 Å². The van der Waals surface area contributed by atoms with Gasteiger partial charge in [0.1, 0.15) is 0 Å². The highest BCUT2D eigenvalue weighted by atomic mass is 15.0. The Morgan fingerprint density at radius 3 is 3.08 bits per heavy atom. The highest BCUT2D eigenvalue weighted by Gasteiger charge is 2.06. The van der Waals surface area contributed by atoms with Gasteiger partial charge < -0.3 is 10.1 Å². The first-order chi connectivity index (χ1) is 5.79. The van der Waals surface area contributed by atoms with E-state index in [2.05, 4.69) is 4.98 Å². The monoisotopic (exact) mass is 161 g/mol. The number of nitrogens with two attached hydrogens (primary N) is 1. The van der Waals surface area contributed by atoms with Crippen molar-refractivity contribution in [3.8, 4) is 0 Å². The molecular formula is C9H11N3. The van der Waals surface area contributed by atoms with Crippen molar-refractivity contribution in [2.75, 3.05) is 0 Å². The summed E-state index contributed by atoms with van der Waals surface area (Å²) < 4.78 is 1.97. The molecule has 0 saturated heterocycles. The molecule has 12 heavy (non-hydrogen) atoms. The van der Waals surface area contributed by atoms with Gasteiger partial charge in [0.05, 0.1) is 17.5 Å². The van der Waals surface area contributed by atoms with Gasteiger partial charge in [-0.2, -0.15) is 0 Å². The molecule has 0 bridgehead atoms. The Kier molecular flexibility index (Phi) is 1.59. The van der Waals surface area contributed by atoms with Gasteiger partial charge in [-0.3, -0.25) is 0 Å². The first kappa shape index (κ1) is 7.31. The summed E-state index contributed by atoms with van der Waals surface area (Å²) in [4.78, 5) is 4.23. The summed E-state index contributed by atoms with van der Waals surface area (Å²) in [6, 6.07) is 5.98. The van der Waals surface area contributed by atoms with E-state index < -0.39 is 0 Å². The normalized spacial score (nSPS) is 13.5. The minimum atomic E-state index is -0.00241. The Bertz CT molecular complexity index is 389. The third kappa shape index (κ3) is 0.987. The highest BCUT2D eigenvalue weighted by Crippen LogP contribution is 2.14. The molecule has 0 aliphatic heterocycles. The number of fused-ring (bicyclic) bond motifs is 1. The lowest BCUT2D eigenvalue weighted by molar-refractivity contribution is 0.796. The zero-order valence-corrected chi connectivity index (χ0v) is 6.94. The van der Waals surface area contributed by atoms with Gasteiger partial charge in [-0.1, -0.05) is 6.07 Å². The number of hydrogen-bond donors (Lipinski definition) is 1. The van der Waals surface area contributed by atoms with Crippen molar-refractivity contribution < 1.29 is 0 Å². The van der Waals surface area contributed by atoms with Crippen LogP contribution in [-0.2, 0) is 0 Å². The first-order valence-corrected chi connectivity index (χ1v) is 3.96. The van der Waals surface area contributed by atoms with E-state index in [-0.39, 0.29) is 6.04 Å². The molecule has 0 aromatic carbocycles. The van der Waals surface area contributed by atoms with Crippen LogP contribution in [0, 0.1) is 0 Å². The molecule has 0 saturated carbocycles. The summed E-state index contributed by atoms with van der Waals surface area (Å²) in [5.74, 6) is 0. The fraction of sp³-hybridized carbons (Fsp3) is 0.222. The van der Waals surface area contributed by atoms with Gasteiger partial charge in [0.2, 0.25) is 0 Å². The van der Waals surface area contributed by atoms with Crippen LogP contribution in [0.15, 0.2) is 30.7 Å². The van der Waals surface area contributed by atoms with E-state index in [1.54, 1.807) is 6.33 Å². The van der Waals surface area contributed by atoms with Gasteiger partial charge in [0, 0.05) is 12.2 Å². The molecule has 2 aromatic rings. The van der Waals surface area contributed by atoms with Gasteiger partial charge in [-0.05, 0) is 19.1 Å². The summed E-state index contributed by atoms with van der Waals surface area (Å²) >= 11 is 0. The lowest BCUT2D eigenvalue weighted by Crippen LogP contribution is -2.05. The molecule has 0 fully saturated rings. The molecule has 62 valence electrons. The fourth-order valence-electron chi connectivity index (χ4n) is 1.32. The SMILES string of the molecule is CC(N)c1ncn2ccccc12. The van der Waals surface area contributed by atoms with Crippen molar-refractivity contribution in [2.45, 2.75) is 13.0 Å². The highest BCUT2D eigenvalue weighted by molar-refractivity contribution is 5.52. The molecule has 3 heteroatoms. The summed E-state index contributed by atoms with van der Waals surface area (Å²) in [5, 5.41) is 0. The molecule has 0 amide bonds. The smallest absolute Gasteiger partial charge is 0.0996 e. The minimum absolute atomic E-state index is 0.00241. The van der Waals surface area contributed by atoms with Crippen LogP contribution in [0.4, 0.5) is 0 Å². The van der Waals surface area contributed by atoms with E-state index in [9.17, 15) is 0 Å². The maximum absolute atomic E-state index is 5.75. The zero-order valence-electron chi connectivity index (χ0n) is 6.94. The van der Waals surface area contributed by atoms with Crippen LogP contribution in [0.5, 0.6) is 0 Å². The van der Waals surface area contributed by atoms with Crippen molar-refractivity contribution in [3.05, 3.63) is 36.4 Å². The second-order valence-electron chi connectivity index (χ2n) is 2.91. The number of aromatic nitrogens is 2. The van der Waals surface area contributed by atoms with Crippen LogP contribution in [0.1, 0.15) is 18.7 Å². The molecular weight excluding hydrogens is 150 g/mol. The average Bonchev–Trinajstić information content (AvgIpc) is 2.47. The number of hydrogen-bond acceptors (Lipinski definition) is 2. The second-order valence-corrected chi connectivity index (χ2v) is 2.91. The van der Waals surface area contributed by atoms with Gasteiger partial charge >= 0.3 is 0 Å². The predicted molar refractivity (Wildman–Crippen MR) is 47.8 cm³/mol. The summed E-state index contributed by atoms with van der Waals surface area (Å²) in [7, 11) is 0. The third-order valence-electron chi connectivity index (χ3n) is 1.91. The van der Waals surface area contributed by atoms with Crippen molar-refractivity contribution in [1.82, 2.24) is 9.38 Å². The Hall–Kier alpha value is -1.35. The van der Waals surface area contributed by atoms with E-state index in [0.717, 1.165) is 11.2 Å². The summed E-state index contributed by atoms with van der Waals surface area (Å²) in [5.41, 5.74) is 7.79. The van der Waals surface area contributed by atoms with Crippen LogP contribution < -0.4 is 5.73 Å². The molecule has 2 aromatic heterocycles. The second kappa shape index (κ2) is 2.60.